The van der Waals surface area contributed by atoms with Crippen molar-refractivity contribution in [1.82, 2.24) is 0 Å². The van der Waals surface area contributed by atoms with Crippen LogP contribution < -0.4 is 9.64 Å². The van der Waals surface area contributed by atoms with E-state index in [1.54, 1.807) is 31.8 Å². The third-order valence-corrected chi connectivity index (χ3v) is 6.08. The minimum Gasteiger partial charge on any atom is -0.503 e. The number of benzene rings is 2. The Kier molecular flexibility index (Phi) is 5.87. The number of rotatable bonds is 8. The lowest BCUT2D eigenvalue weighted by atomic mass is 9.90. The first kappa shape index (κ1) is 21.2. The van der Waals surface area contributed by atoms with Gasteiger partial charge in [-0.05, 0) is 36.6 Å². The SMILES string of the molecule is CSc1ccc(N2C(=O)C(O)=C(C(=O)C(C)C)C2c2ccccc2OCC2C=N2)cc1. The average Bonchev–Trinajstić information content (AvgIpc) is 3.57. The quantitative estimate of drug-likeness (QED) is 0.622. The Balaban J connectivity index is 1.82. The Morgan fingerprint density at radius 3 is 2.48 bits per heavy atom. The van der Waals surface area contributed by atoms with E-state index in [2.05, 4.69) is 4.99 Å². The molecule has 160 valence electrons. The van der Waals surface area contributed by atoms with Gasteiger partial charge >= 0.3 is 0 Å². The van der Waals surface area contributed by atoms with Crippen LogP contribution in [-0.2, 0) is 9.59 Å². The molecule has 1 amide bonds. The van der Waals surface area contributed by atoms with E-state index in [4.69, 9.17) is 4.74 Å². The number of aliphatic hydroxyl groups excluding tert-OH is 1. The standard InChI is InChI=1S/C24H24N2O4S/c1-14(2)22(27)20-21(18-6-4-5-7-19(18)30-13-15-12-25-15)26(24(29)23(20)28)16-8-10-17(31-3)11-9-16/h4-12,14-15,21,28H,13H2,1-3H3. The van der Waals surface area contributed by atoms with Gasteiger partial charge in [-0.25, -0.2) is 0 Å². The molecule has 0 aromatic heterocycles. The zero-order chi connectivity index (χ0) is 22.1. The molecule has 2 heterocycles. The third-order valence-electron chi connectivity index (χ3n) is 5.33. The van der Waals surface area contributed by atoms with E-state index in [0.717, 1.165) is 4.90 Å². The Morgan fingerprint density at radius 2 is 1.87 bits per heavy atom. The first-order valence-electron chi connectivity index (χ1n) is 10.1. The zero-order valence-corrected chi connectivity index (χ0v) is 18.4. The lowest BCUT2D eigenvalue weighted by molar-refractivity contribution is -0.119. The maximum Gasteiger partial charge on any atom is 0.294 e. The van der Waals surface area contributed by atoms with Crippen LogP contribution >= 0.6 is 11.8 Å². The number of nitrogens with zero attached hydrogens (tertiary/aromatic N) is 2. The highest BCUT2D eigenvalue weighted by molar-refractivity contribution is 7.98. The number of amides is 1. The Bertz CT molecular complexity index is 1070. The predicted molar refractivity (Wildman–Crippen MR) is 122 cm³/mol. The lowest BCUT2D eigenvalue weighted by Crippen LogP contribution is -2.31. The molecule has 0 spiro atoms. The van der Waals surface area contributed by atoms with Crippen molar-refractivity contribution in [3.63, 3.8) is 0 Å². The van der Waals surface area contributed by atoms with E-state index in [0.29, 0.717) is 23.6 Å². The number of Topliss-reactive ketones (excluding diaryl/α,β-unsaturated/α-hetero) is 1. The number of carbonyl (C=O) groups excluding carboxylic acids is 2. The number of thioether (sulfide) groups is 1. The topological polar surface area (TPSA) is 79.2 Å². The van der Waals surface area contributed by atoms with Gasteiger partial charge in [0.1, 0.15) is 18.4 Å². The summed E-state index contributed by atoms with van der Waals surface area (Å²) in [7, 11) is 0. The monoisotopic (exact) mass is 436 g/mol. The van der Waals surface area contributed by atoms with Crippen molar-refractivity contribution in [2.45, 2.75) is 30.8 Å². The molecular weight excluding hydrogens is 412 g/mol. The number of anilines is 1. The first-order chi connectivity index (χ1) is 14.9. The highest BCUT2D eigenvalue weighted by atomic mass is 32.2. The molecule has 2 aromatic rings. The van der Waals surface area contributed by atoms with E-state index in [-0.39, 0.29) is 23.3 Å². The number of carbonyl (C=O) groups is 2. The van der Waals surface area contributed by atoms with E-state index in [9.17, 15) is 14.7 Å². The Morgan fingerprint density at radius 1 is 1.19 bits per heavy atom. The van der Waals surface area contributed by atoms with Crippen molar-refractivity contribution >= 4 is 35.4 Å². The molecule has 0 bridgehead atoms. The lowest BCUT2D eigenvalue weighted by Gasteiger charge is -2.28. The van der Waals surface area contributed by atoms with Crippen molar-refractivity contribution in [2.24, 2.45) is 10.9 Å². The third kappa shape index (κ3) is 4.10. The van der Waals surface area contributed by atoms with E-state index >= 15 is 0 Å². The van der Waals surface area contributed by atoms with Gasteiger partial charge in [0.25, 0.3) is 5.91 Å². The molecule has 31 heavy (non-hydrogen) atoms. The van der Waals surface area contributed by atoms with Crippen LogP contribution in [0, 0.1) is 5.92 Å². The molecule has 2 aliphatic heterocycles. The fourth-order valence-corrected chi connectivity index (χ4v) is 4.04. The summed E-state index contributed by atoms with van der Waals surface area (Å²) in [4.78, 5) is 32.9. The second-order valence-corrected chi connectivity index (χ2v) is 8.65. The molecule has 0 saturated carbocycles. The summed E-state index contributed by atoms with van der Waals surface area (Å²) in [5.41, 5.74) is 1.36. The molecule has 6 nitrogen and oxygen atoms in total. The Hall–Kier alpha value is -3.06. The second kappa shape index (κ2) is 8.59. The molecule has 0 saturated heterocycles. The van der Waals surface area contributed by atoms with Crippen molar-refractivity contribution in [2.75, 3.05) is 17.8 Å². The number of aliphatic hydroxyl groups is 1. The minimum absolute atomic E-state index is 0.0640. The largest absolute Gasteiger partial charge is 0.503 e. The number of hydrogen-bond donors (Lipinski definition) is 1. The van der Waals surface area contributed by atoms with Gasteiger partial charge in [0.15, 0.2) is 11.5 Å². The van der Waals surface area contributed by atoms with E-state index < -0.39 is 17.7 Å². The molecular formula is C24H24N2O4S. The van der Waals surface area contributed by atoms with Gasteiger partial charge in [-0.15, -0.1) is 11.8 Å². The van der Waals surface area contributed by atoms with Crippen LogP contribution in [0.1, 0.15) is 25.5 Å². The number of para-hydroxylation sites is 1. The van der Waals surface area contributed by atoms with Gasteiger partial charge in [0, 0.05) is 28.3 Å². The average molecular weight is 437 g/mol. The summed E-state index contributed by atoms with van der Waals surface area (Å²) in [6.45, 7) is 3.91. The van der Waals surface area contributed by atoms with Crippen molar-refractivity contribution < 1.29 is 19.4 Å². The highest BCUT2D eigenvalue weighted by Crippen LogP contribution is 2.44. The van der Waals surface area contributed by atoms with Crippen LogP contribution in [0.3, 0.4) is 0 Å². The van der Waals surface area contributed by atoms with Crippen LogP contribution in [0.5, 0.6) is 5.75 Å². The van der Waals surface area contributed by atoms with Gasteiger partial charge in [-0.3, -0.25) is 19.5 Å². The summed E-state index contributed by atoms with van der Waals surface area (Å²) in [6.07, 6.45) is 3.78. The molecule has 1 N–H and O–H groups in total. The molecule has 2 aliphatic rings. The van der Waals surface area contributed by atoms with E-state index in [1.165, 1.54) is 4.90 Å². The predicted octanol–water partition coefficient (Wildman–Crippen LogP) is 4.37. The van der Waals surface area contributed by atoms with Crippen molar-refractivity contribution in [1.29, 1.82) is 0 Å². The molecule has 2 atom stereocenters. The highest BCUT2D eigenvalue weighted by Gasteiger charge is 2.45. The molecule has 2 unspecified atom stereocenters. The summed E-state index contributed by atoms with van der Waals surface area (Å²) in [5.74, 6) is -1.17. The molecule has 4 rings (SSSR count). The molecule has 2 aromatic carbocycles. The fraction of sp³-hybridized carbons (Fsp3) is 0.292. The van der Waals surface area contributed by atoms with Gasteiger partial charge in [-0.1, -0.05) is 32.0 Å². The van der Waals surface area contributed by atoms with Crippen LogP contribution in [0.15, 0.2) is 69.8 Å². The van der Waals surface area contributed by atoms with Crippen LogP contribution in [-0.4, -0.2) is 41.9 Å². The van der Waals surface area contributed by atoms with Crippen molar-refractivity contribution in [3.05, 3.63) is 65.4 Å². The summed E-state index contributed by atoms with van der Waals surface area (Å²) in [5, 5.41) is 10.8. The van der Waals surface area contributed by atoms with E-state index in [1.807, 2.05) is 54.8 Å². The number of ketones is 1. The van der Waals surface area contributed by atoms with Crippen LogP contribution in [0.4, 0.5) is 5.69 Å². The molecule has 7 heteroatoms. The second-order valence-electron chi connectivity index (χ2n) is 7.77. The minimum atomic E-state index is -0.779. The maximum atomic E-state index is 13.2. The van der Waals surface area contributed by atoms with Gasteiger partial charge in [0.05, 0.1) is 11.6 Å². The van der Waals surface area contributed by atoms with Crippen molar-refractivity contribution in [3.8, 4) is 5.75 Å². The summed E-state index contributed by atoms with van der Waals surface area (Å²) >= 11 is 1.60. The number of ether oxygens (including phenoxy) is 1. The zero-order valence-electron chi connectivity index (χ0n) is 17.6. The molecule has 0 radical (unpaired) electrons. The summed E-state index contributed by atoms with van der Waals surface area (Å²) < 4.78 is 5.97. The molecule has 0 aliphatic carbocycles. The fourth-order valence-electron chi connectivity index (χ4n) is 3.63. The normalized spacial score (nSPS) is 20.0. The maximum absolute atomic E-state index is 13.2. The first-order valence-corrected chi connectivity index (χ1v) is 11.3. The number of aliphatic imine (C=N–C) groups is 1. The summed E-state index contributed by atoms with van der Waals surface area (Å²) in [6, 6.07) is 14.1. The van der Waals surface area contributed by atoms with Gasteiger partial charge in [0.2, 0.25) is 0 Å². The smallest absolute Gasteiger partial charge is 0.294 e. The van der Waals surface area contributed by atoms with Crippen LogP contribution in [0.25, 0.3) is 0 Å². The van der Waals surface area contributed by atoms with Gasteiger partial charge in [-0.2, -0.15) is 0 Å². The Labute approximate surface area is 185 Å². The van der Waals surface area contributed by atoms with Gasteiger partial charge < -0.3 is 9.84 Å². The molecule has 0 fully saturated rings. The van der Waals surface area contributed by atoms with Crippen LogP contribution in [0.2, 0.25) is 0 Å². The number of hydrogen-bond acceptors (Lipinski definition) is 6.